The normalized spacial score (nSPS) is 9.60. The maximum atomic E-state index is 11.2. The zero-order valence-electron chi connectivity index (χ0n) is 8.30. The summed E-state index contributed by atoms with van der Waals surface area (Å²) >= 11 is 0. The van der Waals surface area contributed by atoms with Gasteiger partial charge in [0.05, 0.1) is 7.11 Å². The number of aromatic nitrogens is 1. The van der Waals surface area contributed by atoms with Crippen molar-refractivity contribution in [3.05, 3.63) is 23.5 Å². The van der Waals surface area contributed by atoms with Gasteiger partial charge < -0.3 is 19.4 Å². The molecule has 0 saturated carbocycles. The molecule has 1 heterocycles. The fourth-order valence-corrected chi connectivity index (χ4v) is 1.01. The van der Waals surface area contributed by atoms with Gasteiger partial charge in [-0.2, -0.15) is 0 Å². The first-order valence-corrected chi connectivity index (χ1v) is 4.12. The van der Waals surface area contributed by atoms with E-state index in [1.807, 2.05) is 0 Å². The van der Waals surface area contributed by atoms with Gasteiger partial charge in [0.1, 0.15) is 11.3 Å². The lowest BCUT2D eigenvalue weighted by Gasteiger charge is -2.09. The molecular formula is C8H10BNO5. The number of carbonyl (C=O) groups is 1. The quantitative estimate of drug-likeness (QED) is 0.518. The zero-order valence-corrected chi connectivity index (χ0v) is 8.30. The van der Waals surface area contributed by atoms with Crippen molar-refractivity contribution in [2.24, 2.45) is 0 Å². The Morgan fingerprint density at radius 2 is 2.20 bits per heavy atom. The smallest absolute Gasteiger partial charge is 0.511 e. The predicted octanol–water partition coefficient (Wildman–Crippen LogP) is -0.475. The van der Waals surface area contributed by atoms with Crippen LogP contribution in [0.1, 0.15) is 16.1 Å². The number of ether oxygens (including phenoxy) is 1. The van der Waals surface area contributed by atoms with E-state index in [1.54, 1.807) is 6.92 Å². The van der Waals surface area contributed by atoms with Crippen LogP contribution in [0, 0.1) is 6.92 Å². The van der Waals surface area contributed by atoms with Crippen molar-refractivity contribution in [3.63, 3.8) is 0 Å². The van der Waals surface area contributed by atoms with E-state index >= 15 is 0 Å². The third-order valence-corrected chi connectivity index (χ3v) is 1.64. The Morgan fingerprint density at radius 1 is 1.53 bits per heavy atom. The van der Waals surface area contributed by atoms with Crippen molar-refractivity contribution in [1.82, 2.24) is 4.98 Å². The molecule has 0 aliphatic carbocycles. The van der Waals surface area contributed by atoms with Crippen molar-refractivity contribution in [2.45, 2.75) is 6.92 Å². The minimum Gasteiger partial charge on any atom is -0.511 e. The van der Waals surface area contributed by atoms with Crippen LogP contribution in [0.15, 0.2) is 12.3 Å². The number of hydrogen-bond donors (Lipinski definition) is 2. The number of rotatable bonds is 3. The van der Waals surface area contributed by atoms with E-state index in [-0.39, 0.29) is 11.3 Å². The van der Waals surface area contributed by atoms with Crippen molar-refractivity contribution >= 4 is 13.3 Å². The molecule has 7 heteroatoms. The first-order valence-electron chi connectivity index (χ1n) is 4.12. The minimum atomic E-state index is -1.99. The summed E-state index contributed by atoms with van der Waals surface area (Å²) in [6, 6.07) is 1.41. The molecule has 0 saturated heterocycles. The molecule has 0 fully saturated rings. The molecule has 0 amide bonds. The first-order chi connectivity index (χ1) is 7.04. The van der Waals surface area contributed by atoms with E-state index in [2.05, 4.69) is 14.4 Å². The van der Waals surface area contributed by atoms with Crippen molar-refractivity contribution in [1.29, 1.82) is 0 Å². The topological polar surface area (TPSA) is 88.9 Å². The van der Waals surface area contributed by atoms with Gasteiger partial charge in [-0.3, -0.25) is 4.98 Å². The zero-order chi connectivity index (χ0) is 11.4. The number of esters is 1. The highest BCUT2D eigenvalue weighted by Crippen LogP contribution is 2.19. The van der Waals surface area contributed by atoms with Crippen LogP contribution in [0.5, 0.6) is 5.75 Å². The molecule has 2 N–H and O–H groups in total. The van der Waals surface area contributed by atoms with Crippen molar-refractivity contribution < 1.29 is 24.2 Å². The van der Waals surface area contributed by atoms with Crippen LogP contribution in [-0.2, 0) is 4.74 Å². The number of nitrogens with zero attached hydrogens (tertiary/aromatic N) is 1. The molecule has 0 aromatic carbocycles. The summed E-state index contributed by atoms with van der Waals surface area (Å²) in [5.74, 6) is -0.637. The van der Waals surface area contributed by atoms with E-state index in [0.29, 0.717) is 5.69 Å². The molecular weight excluding hydrogens is 201 g/mol. The molecule has 1 aromatic rings. The predicted molar refractivity (Wildman–Crippen MR) is 51.1 cm³/mol. The summed E-state index contributed by atoms with van der Waals surface area (Å²) in [7, 11) is -0.781. The van der Waals surface area contributed by atoms with Gasteiger partial charge in [0.2, 0.25) is 0 Å². The van der Waals surface area contributed by atoms with Crippen LogP contribution < -0.4 is 4.65 Å². The van der Waals surface area contributed by atoms with Crippen molar-refractivity contribution in [2.75, 3.05) is 7.11 Å². The van der Waals surface area contributed by atoms with Gasteiger partial charge in [-0.1, -0.05) is 0 Å². The third kappa shape index (κ3) is 2.93. The van der Waals surface area contributed by atoms with E-state index in [1.165, 1.54) is 19.4 Å². The highest BCUT2D eigenvalue weighted by Gasteiger charge is 2.19. The monoisotopic (exact) mass is 211 g/mol. The van der Waals surface area contributed by atoms with Crippen LogP contribution in [0.3, 0.4) is 0 Å². The summed E-state index contributed by atoms with van der Waals surface area (Å²) in [5, 5.41) is 17.3. The number of hydrogen-bond acceptors (Lipinski definition) is 6. The van der Waals surface area contributed by atoms with Gasteiger partial charge in [-0.15, -0.1) is 0 Å². The van der Waals surface area contributed by atoms with Gasteiger partial charge >= 0.3 is 13.3 Å². The lowest BCUT2D eigenvalue weighted by molar-refractivity contribution is 0.0597. The number of aryl methyl sites for hydroxylation is 1. The molecule has 0 atom stereocenters. The first kappa shape index (κ1) is 11.5. The highest BCUT2D eigenvalue weighted by atomic mass is 16.6. The standard InChI is InChI=1S/C8H10BNO5/c1-5-3-7(15-9(12)13)6(4-10-5)8(11)14-2/h3-4,12-13H,1-2H3. The van der Waals surface area contributed by atoms with Crippen LogP contribution >= 0.6 is 0 Å². The Balaban J connectivity index is 3.08. The second-order valence-corrected chi connectivity index (χ2v) is 2.76. The summed E-state index contributed by atoms with van der Waals surface area (Å²) in [5.41, 5.74) is 0.620. The van der Waals surface area contributed by atoms with Crippen LogP contribution in [0.25, 0.3) is 0 Å². The van der Waals surface area contributed by atoms with Gasteiger partial charge in [0, 0.05) is 18.0 Å². The fourth-order valence-electron chi connectivity index (χ4n) is 1.01. The van der Waals surface area contributed by atoms with Crippen LogP contribution in [-0.4, -0.2) is 35.4 Å². The average molecular weight is 211 g/mol. The van der Waals surface area contributed by atoms with E-state index in [4.69, 9.17) is 10.0 Å². The molecule has 0 spiro atoms. The van der Waals surface area contributed by atoms with Gasteiger partial charge in [-0.25, -0.2) is 4.79 Å². The van der Waals surface area contributed by atoms with Gasteiger partial charge in [0.15, 0.2) is 0 Å². The molecule has 6 nitrogen and oxygen atoms in total. The molecule has 0 aliphatic heterocycles. The van der Waals surface area contributed by atoms with Gasteiger partial charge in [0.25, 0.3) is 0 Å². The summed E-state index contributed by atoms with van der Waals surface area (Å²) in [4.78, 5) is 15.1. The molecule has 0 aliphatic rings. The van der Waals surface area contributed by atoms with Crippen LogP contribution in [0.4, 0.5) is 0 Å². The number of carbonyl (C=O) groups excluding carboxylic acids is 1. The maximum Gasteiger partial charge on any atom is 0.707 e. The molecule has 1 aromatic heterocycles. The Hall–Kier alpha value is -1.60. The lowest BCUT2D eigenvalue weighted by Crippen LogP contribution is -2.22. The summed E-state index contributed by atoms with van der Waals surface area (Å²) in [6.07, 6.45) is 1.25. The number of pyridine rings is 1. The fraction of sp³-hybridized carbons (Fsp3) is 0.250. The van der Waals surface area contributed by atoms with Crippen LogP contribution in [0.2, 0.25) is 0 Å². The SMILES string of the molecule is COC(=O)c1cnc(C)cc1OB(O)O. The highest BCUT2D eigenvalue weighted by molar-refractivity contribution is 6.34. The summed E-state index contributed by atoms with van der Waals surface area (Å²) < 4.78 is 9.10. The van der Waals surface area contributed by atoms with E-state index < -0.39 is 13.3 Å². The molecule has 80 valence electrons. The largest absolute Gasteiger partial charge is 0.707 e. The second kappa shape index (κ2) is 4.76. The molecule has 0 unspecified atom stereocenters. The molecule has 0 radical (unpaired) electrons. The number of methoxy groups -OCH3 is 1. The van der Waals surface area contributed by atoms with Crippen molar-refractivity contribution in [3.8, 4) is 5.75 Å². The summed E-state index contributed by atoms with van der Waals surface area (Å²) in [6.45, 7) is 1.68. The minimum absolute atomic E-state index is 0.0179. The molecule has 0 bridgehead atoms. The average Bonchev–Trinajstić information content (AvgIpc) is 2.16. The van der Waals surface area contributed by atoms with Gasteiger partial charge in [-0.05, 0) is 6.92 Å². The molecule has 1 rings (SSSR count). The van der Waals surface area contributed by atoms with E-state index in [9.17, 15) is 4.79 Å². The lowest BCUT2D eigenvalue weighted by atomic mass is 10.2. The Kier molecular flexibility index (Phi) is 3.65. The third-order valence-electron chi connectivity index (χ3n) is 1.64. The van der Waals surface area contributed by atoms with E-state index in [0.717, 1.165) is 0 Å². The Labute approximate surface area is 86.7 Å². The second-order valence-electron chi connectivity index (χ2n) is 2.76. The maximum absolute atomic E-state index is 11.2. The Bertz CT molecular complexity index is 368. The Morgan fingerprint density at radius 3 is 2.73 bits per heavy atom. The molecule has 15 heavy (non-hydrogen) atoms.